The molecule has 0 aliphatic heterocycles. The lowest BCUT2D eigenvalue weighted by Crippen LogP contribution is -2.03. The van der Waals surface area contributed by atoms with Crippen LogP contribution in [0.3, 0.4) is 0 Å². The van der Waals surface area contributed by atoms with Crippen LogP contribution in [0.15, 0.2) is 180 Å². The Morgan fingerprint density at radius 3 is 1.91 bits per heavy atom. The maximum atomic E-state index is 6.67. The molecule has 0 saturated carbocycles. The van der Waals surface area contributed by atoms with Gasteiger partial charge in [-0.25, -0.2) is 19.9 Å². The zero-order valence-electron chi connectivity index (χ0n) is 30.3. The van der Waals surface area contributed by atoms with Gasteiger partial charge in [-0.1, -0.05) is 140 Å². The molecule has 0 bridgehead atoms. The molecule has 1 aliphatic carbocycles. The highest BCUT2D eigenvalue weighted by Crippen LogP contribution is 2.41. The Kier molecular flexibility index (Phi) is 7.52. The molecule has 7 aromatic carbocycles. The summed E-state index contributed by atoms with van der Waals surface area (Å²) in [4.78, 5) is 19.8. The Hall–Kier alpha value is -7.44. The van der Waals surface area contributed by atoms with Gasteiger partial charge in [0.2, 0.25) is 5.89 Å². The molecule has 6 nitrogen and oxygen atoms in total. The van der Waals surface area contributed by atoms with Crippen LogP contribution >= 0.6 is 0 Å². The molecule has 56 heavy (non-hydrogen) atoms. The molecular weight excluding hydrogens is 687 g/mol. The minimum absolute atomic E-state index is 0.608. The fourth-order valence-corrected chi connectivity index (χ4v) is 7.97. The van der Waals surface area contributed by atoms with Gasteiger partial charge in [0.15, 0.2) is 23.1 Å². The number of hydrogen-bond donors (Lipinski definition) is 0. The Morgan fingerprint density at radius 1 is 0.464 bits per heavy atom. The van der Waals surface area contributed by atoms with Crippen LogP contribution in [0.25, 0.3) is 100 Å². The largest absolute Gasteiger partial charge is 0.434 e. The van der Waals surface area contributed by atoms with Crippen molar-refractivity contribution in [2.24, 2.45) is 0 Å². The predicted octanol–water partition coefficient (Wildman–Crippen LogP) is 12.7. The number of nitrogens with zero attached hydrogens (tertiary/aromatic N) is 5. The van der Waals surface area contributed by atoms with E-state index in [4.69, 9.17) is 24.4 Å². The third-order valence-electron chi connectivity index (χ3n) is 10.7. The zero-order valence-corrected chi connectivity index (χ0v) is 30.3. The van der Waals surface area contributed by atoms with Crippen molar-refractivity contribution in [3.05, 3.63) is 182 Å². The van der Waals surface area contributed by atoms with E-state index >= 15 is 0 Å². The van der Waals surface area contributed by atoms with Gasteiger partial charge in [-0.05, 0) is 65.8 Å². The van der Waals surface area contributed by atoms with Crippen LogP contribution in [-0.4, -0.2) is 24.5 Å². The molecule has 10 aromatic rings. The van der Waals surface area contributed by atoms with Crippen molar-refractivity contribution in [2.45, 2.75) is 12.8 Å². The molecule has 0 amide bonds. The summed E-state index contributed by atoms with van der Waals surface area (Å²) >= 11 is 0. The molecule has 11 rings (SSSR count). The summed E-state index contributed by atoms with van der Waals surface area (Å²) in [7, 11) is 0. The van der Waals surface area contributed by atoms with Crippen molar-refractivity contribution in [1.29, 1.82) is 0 Å². The molecule has 0 unspecified atom stereocenters. The molecule has 0 N–H and O–H groups in total. The smallest absolute Gasteiger partial charge is 0.227 e. The standard InChI is InChI=1S/C50H33N5O/c1-4-14-34(15-5-1)47-52-48(35-16-6-2-7-17-35)54-49(53-47)36-25-23-32(24-26-36)38-20-12-21-39(31-38)55-44-40-22-11-10-13-33(40)27-28-41(44)42-29-30-43-46(45(42)55)56-50(51-43)37-18-8-3-9-19-37/h1,3-6,8-31H,2,7H2. The van der Waals surface area contributed by atoms with E-state index in [1.165, 1.54) is 16.2 Å². The van der Waals surface area contributed by atoms with Gasteiger partial charge in [-0.15, -0.1) is 0 Å². The van der Waals surface area contributed by atoms with Crippen LogP contribution < -0.4 is 0 Å². The van der Waals surface area contributed by atoms with E-state index in [0.717, 1.165) is 79.4 Å². The van der Waals surface area contributed by atoms with E-state index in [-0.39, 0.29) is 0 Å². The van der Waals surface area contributed by atoms with Gasteiger partial charge >= 0.3 is 0 Å². The van der Waals surface area contributed by atoms with Crippen LogP contribution in [0.4, 0.5) is 0 Å². The summed E-state index contributed by atoms with van der Waals surface area (Å²) in [6.45, 7) is 0. The van der Waals surface area contributed by atoms with Gasteiger partial charge in [0, 0.05) is 44.1 Å². The first-order valence-electron chi connectivity index (χ1n) is 19.0. The normalized spacial score (nSPS) is 12.9. The number of benzene rings is 7. The summed E-state index contributed by atoms with van der Waals surface area (Å²) in [6, 6.07) is 54.8. The van der Waals surface area contributed by atoms with Gasteiger partial charge in [0.25, 0.3) is 0 Å². The van der Waals surface area contributed by atoms with Crippen LogP contribution in [-0.2, 0) is 0 Å². The maximum Gasteiger partial charge on any atom is 0.227 e. The second-order valence-electron chi connectivity index (χ2n) is 14.2. The van der Waals surface area contributed by atoms with Crippen LogP contribution in [0, 0.1) is 0 Å². The van der Waals surface area contributed by atoms with Crippen molar-refractivity contribution < 1.29 is 4.42 Å². The van der Waals surface area contributed by atoms with E-state index < -0.39 is 0 Å². The van der Waals surface area contributed by atoms with Crippen LogP contribution in [0.2, 0.25) is 0 Å². The number of fused-ring (bicyclic) bond motifs is 7. The molecule has 264 valence electrons. The summed E-state index contributed by atoms with van der Waals surface area (Å²) < 4.78 is 9.03. The third-order valence-corrected chi connectivity index (χ3v) is 10.7. The minimum atomic E-state index is 0.608. The lowest BCUT2D eigenvalue weighted by molar-refractivity contribution is 0.622. The molecule has 0 fully saturated rings. The number of aromatic nitrogens is 5. The molecule has 3 heterocycles. The van der Waals surface area contributed by atoms with E-state index in [0.29, 0.717) is 23.4 Å². The van der Waals surface area contributed by atoms with Crippen LogP contribution in [0.1, 0.15) is 18.7 Å². The molecule has 0 radical (unpaired) electrons. The lowest BCUT2D eigenvalue weighted by atomic mass is 10.0. The predicted molar refractivity (Wildman–Crippen MR) is 227 cm³/mol. The summed E-state index contributed by atoms with van der Waals surface area (Å²) in [5.41, 5.74) is 10.8. The summed E-state index contributed by atoms with van der Waals surface area (Å²) in [6.07, 6.45) is 8.51. The first-order valence-corrected chi connectivity index (χ1v) is 19.0. The first kappa shape index (κ1) is 32.0. The lowest BCUT2D eigenvalue weighted by Gasteiger charge is -2.13. The highest BCUT2D eigenvalue weighted by Gasteiger charge is 2.21. The topological polar surface area (TPSA) is 69.6 Å². The van der Waals surface area contributed by atoms with Crippen molar-refractivity contribution in [1.82, 2.24) is 24.5 Å². The highest BCUT2D eigenvalue weighted by molar-refractivity contribution is 6.22. The molecular formula is C50H33N5O. The minimum Gasteiger partial charge on any atom is -0.434 e. The Bertz CT molecular complexity index is 3180. The summed E-state index contributed by atoms with van der Waals surface area (Å²) in [5, 5.41) is 4.65. The van der Waals surface area contributed by atoms with E-state index in [2.05, 4.69) is 120 Å². The Balaban J connectivity index is 1.05. The monoisotopic (exact) mass is 719 g/mol. The summed E-state index contributed by atoms with van der Waals surface area (Å²) in [5.74, 6) is 2.61. The van der Waals surface area contributed by atoms with E-state index in [9.17, 15) is 0 Å². The van der Waals surface area contributed by atoms with Crippen molar-refractivity contribution >= 4 is 49.3 Å². The quantitative estimate of drug-likeness (QED) is 0.171. The van der Waals surface area contributed by atoms with E-state index in [1.54, 1.807) is 0 Å². The average Bonchev–Trinajstić information content (AvgIpc) is 3.87. The molecule has 0 spiro atoms. The Morgan fingerprint density at radius 2 is 1.12 bits per heavy atom. The average molecular weight is 720 g/mol. The molecule has 6 heteroatoms. The van der Waals surface area contributed by atoms with E-state index in [1.807, 2.05) is 60.7 Å². The van der Waals surface area contributed by atoms with Gasteiger partial charge in [-0.2, -0.15) is 0 Å². The van der Waals surface area contributed by atoms with Gasteiger partial charge in [0.05, 0.1) is 11.0 Å². The maximum absolute atomic E-state index is 6.67. The first-order chi connectivity index (χ1) is 27.7. The number of hydrogen-bond acceptors (Lipinski definition) is 5. The fourth-order valence-electron chi connectivity index (χ4n) is 7.97. The van der Waals surface area contributed by atoms with Crippen molar-refractivity contribution in [3.63, 3.8) is 0 Å². The zero-order chi connectivity index (χ0) is 37.0. The highest BCUT2D eigenvalue weighted by atomic mass is 16.3. The van der Waals surface area contributed by atoms with Crippen molar-refractivity contribution in [3.8, 4) is 51.0 Å². The second-order valence-corrected chi connectivity index (χ2v) is 14.2. The molecule has 1 aliphatic rings. The number of allylic oxidation sites excluding steroid dienone is 4. The van der Waals surface area contributed by atoms with Crippen LogP contribution in [0.5, 0.6) is 0 Å². The molecule has 0 saturated heterocycles. The van der Waals surface area contributed by atoms with Gasteiger partial charge < -0.3 is 8.98 Å². The number of rotatable bonds is 6. The van der Waals surface area contributed by atoms with Gasteiger partial charge in [0.1, 0.15) is 5.52 Å². The van der Waals surface area contributed by atoms with Crippen molar-refractivity contribution in [2.75, 3.05) is 0 Å². The molecule has 0 atom stereocenters. The SMILES string of the molecule is C1=CC(c2nc(-c3ccccc3)nc(-c3ccc(-c4cccc(-n5c6c7ccccc7ccc6c6ccc7nc(-c8ccccc8)oc7c65)c4)cc3)n2)=CCC1. The number of oxazole rings is 1. The van der Waals surface area contributed by atoms with Gasteiger partial charge in [-0.3, -0.25) is 0 Å². The second kappa shape index (κ2) is 13.1. The Labute approximate surface area is 322 Å². The molecule has 3 aromatic heterocycles. The third kappa shape index (κ3) is 5.42. The fraction of sp³-hybridized carbons (Fsp3) is 0.0400.